The fourth-order valence-corrected chi connectivity index (χ4v) is 2.05. The molecule has 0 radical (unpaired) electrons. The molecule has 1 fully saturated rings. The normalized spacial score (nSPS) is 22.2. The fraction of sp³-hybridized carbons (Fsp3) is 0.286. The third-order valence-corrected chi connectivity index (χ3v) is 3.14. The standard InChI is InChI=1S/C11H8N2O3.C3H6O2/c1-16-11(7-5-3-2-4-6-7)10-12-8(14)9(15)13(10)11;1-2-3(4)5/h2-6H,1H3;2H2,1H3,(H,4,5). The fourth-order valence-electron chi connectivity index (χ4n) is 2.05. The zero-order chi connectivity index (χ0) is 15.6. The second-order valence-electron chi connectivity index (χ2n) is 4.34. The van der Waals surface area contributed by atoms with Crippen LogP contribution >= 0.6 is 0 Å². The van der Waals surface area contributed by atoms with Gasteiger partial charge in [0.1, 0.15) is 0 Å². The molecular formula is C14H14N2O5. The first-order valence-electron chi connectivity index (χ1n) is 6.29. The minimum absolute atomic E-state index is 0.222. The number of benzene rings is 1. The van der Waals surface area contributed by atoms with Crippen LogP contribution in [-0.4, -0.2) is 40.7 Å². The van der Waals surface area contributed by atoms with Crippen LogP contribution < -0.4 is 0 Å². The van der Waals surface area contributed by atoms with Crippen LogP contribution in [0, 0.1) is 0 Å². The number of carbonyl (C=O) groups excluding carboxylic acids is 2. The number of aliphatic carboxylic acids is 1. The number of carbonyl (C=O) groups is 3. The molecule has 2 aliphatic rings. The highest BCUT2D eigenvalue weighted by Gasteiger charge is 2.70. The van der Waals surface area contributed by atoms with E-state index in [-0.39, 0.29) is 6.42 Å². The number of fused-ring (bicyclic) bond motifs is 1. The van der Waals surface area contributed by atoms with E-state index >= 15 is 0 Å². The second kappa shape index (κ2) is 5.45. The summed E-state index contributed by atoms with van der Waals surface area (Å²) >= 11 is 0. The van der Waals surface area contributed by atoms with Crippen LogP contribution in [0.5, 0.6) is 0 Å². The molecule has 1 unspecified atom stereocenters. The van der Waals surface area contributed by atoms with Crippen LogP contribution in [-0.2, 0) is 24.8 Å². The van der Waals surface area contributed by atoms with E-state index in [0.717, 1.165) is 5.56 Å². The Morgan fingerprint density at radius 2 is 1.90 bits per heavy atom. The summed E-state index contributed by atoms with van der Waals surface area (Å²) in [4.78, 5) is 36.8. The van der Waals surface area contributed by atoms with Gasteiger partial charge in [-0.3, -0.25) is 14.4 Å². The van der Waals surface area contributed by atoms with Crippen molar-refractivity contribution in [2.45, 2.75) is 19.1 Å². The summed E-state index contributed by atoms with van der Waals surface area (Å²) in [7, 11) is 1.49. The van der Waals surface area contributed by atoms with Gasteiger partial charge in [-0.25, -0.2) is 4.90 Å². The molecule has 7 heteroatoms. The summed E-state index contributed by atoms with van der Waals surface area (Å²) in [5, 5.41) is 7.72. The number of ether oxygens (including phenoxy) is 1. The maximum atomic E-state index is 11.5. The average Bonchev–Trinajstić information content (AvgIpc) is 3.05. The average molecular weight is 290 g/mol. The number of methoxy groups -OCH3 is 1. The Bertz CT molecular complexity index is 626. The number of rotatable bonds is 3. The molecule has 0 aliphatic carbocycles. The van der Waals surface area contributed by atoms with Gasteiger partial charge in [-0.05, 0) is 0 Å². The lowest BCUT2D eigenvalue weighted by atomic mass is 10.1. The van der Waals surface area contributed by atoms with Gasteiger partial charge >= 0.3 is 17.8 Å². The van der Waals surface area contributed by atoms with Crippen molar-refractivity contribution in [3.05, 3.63) is 35.9 Å². The number of carboxylic acid groups (broad SMARTS) is 1. The highest BCUT2D eigenvalue weighted by Crippen LogP contribution is 2.48. The van der Waals surface area contributed by atoms with E-state index in [0.29, 0.717) is 5.84 Å². The maximum Gasteiger partial charge on any atom is 0.337 e. The first-order valence-corrected chi connectivity index (χ1v) is 6.29. The molecule has 0 aromatic heterocycles. The van der Waals surface area contributed by atoms with Gasteiger partial charge in [0.25, 0.3) is 0 Å². The number of aliphatic imine (C=N–C) groups is 1. The van der Waals surface area contributed by atoms with E-state index in [2.05, 4.69) is 4.99 Å². The number of amidine groups is 1. The Morgan fingerprint density at radius 1 is 1.33 bits per heavy atom. The molecule has 2 aliphatic heterocycles. The van der Waals surface area contributed by atoms with E-state index in [9.17, 15) is 14.4 Å². The van der Waals surface area contributed by atoms with Crippen molar-refractivity contribution >= 4 is 23.6 Å². The van der Waals surface area contributed by atoms with E-state index < -0.39 is 23.5 Å². The van der Waals surface area contributed by atoms with Crippen molar-refractivity contribution in [3.63, 3.8) is 0 Å². The molecule has 110 valence electrons. The van der Waals surface area contributed by atoms with Gasteiger partial charge < -0.3 is 9.84 Å². The molecule has 21 heavy (non-hydrogen) atoms. The highest BCUT2D eigenvalue weighted by atomic mass is 16.5. The minimum Gasteiger partial charge on any atom is -0.481 e. The molecule has 3 rings (SSSR count). The smallest absolute Gasteiger partial charge is 0.337 e. The van der Waals surface area contributed by atoms with Gasteiger partial charge in [0.2, 0.25) is 5.72 Å². The molecule has 1 aromatic rings. The number of hydrogen-bond donors (Lipinski definition) is 1. The molecule has 0 spiro atoms. The van der Waals surface area contributed by atoms with E-state index in [4.69, 9.17) is 9.84 Å². The maximum absolute atomic E-state index is 11.5. The van der Waals surface area contributed by atoms with Crippen LogP contribution in [0.3, 0.4) is 0 Å². The van der Waals surface area contributed by atoms with Crippen molar-refractivity contribution in [1.82, 2.24) is 4.90 Å². The number of amides is 2. The Morgan fingerprint density at radius 3 is 2.29 bits per heavy atom. The monoisotopic (exact) mass is 290 g/mol. The van der Waals surface area contributed by atoms with Crippen LogP contribution in [0.2, 0.25) is 0 Å². The summed E-state index contributed by atoms with van der Waals surface area (Å²) in [6, 6.07) is 9.23. The molecule has 2 amide bonds. The SMILES string of the molecule is CCC(=O)O.COC1(c2ccccc2)C2=NC(=O)C(=O)N21. The van der Waals surface area contributed by atoms with E-state index in [1.54, 1.807) is 6.92 Å². The largest absolute Gasteiger partial charge is 0.481 e. The molecule has 0 saturated carbocycles. The van der Waals surface area contributed by atoms with Crippen molar-refractivity contribution < 1.29 is 24.2 Å². The number of nitrogens with zero attached hydrogens (tertiary/aromatic N) is 2. The van der Waals surface area contributed by atoms with Gasteiger partial charge in [0.15, 0.2) is 5.84 Å². The van der Waals surface area contributed by atoms with Crippen LogP contribution in [0.15, 0.2) is 35.3 Å². The number of hydrogen-bond acceptors (Lipinski definition) is 4. The van der Waals surface area contributed by atoms with E-state index in [1.807, 2.05) is 30.3 Å². The summed E-state index contributed by atoms with van der Waals surface area (Å²) in [5.74, 6) is -1.71. The molecule has 7 nitrogen and oxygen atoms in total. The van der Waals surface area contributed by atoms with Crippen LogP contribution in [0.1, 0.15) is 18.9 Å². The molecule has 1 atom stereocenters. The van der Waals surface area contributed by atoms with E-state index in [1.165, 1.54) is 12.0 Å². The van der Waals surface area contributed by atoms with Crippen molar-refractivity contribution in [2.24, 2.45) is 4.99 Å². The van der Waals surface area contributed by atoms with Gasteiger partial charge in [-0.1, -0.05) is 37.3 Å². The third kappa shape index (κ3) is 2.31. The molecule has 1 aromatic carbocycles. The molecule has 1 saturated heterocycles. The molecule has 0 bridgehead atoms. The van der Waals surface area contributed by atoms with Gasteiger partial charge in [-0.15, -0.1) is 0 Å². The van der Waals surface area contributed by atoms with Crippen molar-refractivity contribution in [1.29, 1.82) is 0 Å². The van der Waals surface area contributed by atoms with Crippen molar-refractivity contribution in [2.75, 3.05) is 7.11 Å². The molecular weight excluding hydrogens is 276 g/mol. The molecule has 2 heterocycles. The summed E-state index contributed by atoms with van der Waals surface area (Å²) in [5.41, 5.74) is -0.135. The Kier molecular flexibility index (Phi) is 3.86. The first kappa shape index (κ1) is 14.9. The topological polar surface area (TPSA) is 96.0 Å². The lowest BCUT2D eigenvalue weighted by molar-refractivity contribution is -0.143. The Hall–Kier alpha value is -2.54. The number of carboxylic acids is 1. The summed E-state index contributed by atoms with van der Waals surface area (Å²) < 4.78 is 5.34. The lowest BCUT2D eigenvalue weighted by Crippen LogP contribution is -2.28. The Balaban J connectivity index is 0.000000282. The molecule has 1 N–H and O–H groups in total. The second-order valence-corrected chi connectivity index (χ2v) is 4.34. The van der Waals surface area contributed by atoms with Crippen molar-refractivity contribution in [3.8, 4) is 0 Å². The predicted molar refractivity (Wildman–Crippen MR) is 72.3 cm³/mol. The van der Waals surface area contributed by atoms with Crippen LogP contribution in [0.4, 0.5) is 0 Å². The highest BCUT2D eigenvalue weighted by molar-refractivity contribution is 6.49. The lowest BCUT2D eigenvalue weighted by Gasteiger charge is -2.13. The van der Waals surface area contributed by atoms with Gasteiger partial charge in [-0.2, -0.15) is 4.99 Å². The predicted octanol–water partition coefficient (Wildman–Crippen LogP) is 0.748. The minimum atomic E-state index is -0.938. The summed E-state index contributed by atoms with van der Waals surface area (Å²) in [6.07, 6.45) is 0.222. The van der Waals surface area contributed by atoms with Crippen LogP contribution in [0.25, 0.3) is 0 Å². The third-order valence-electron chi connectivity index (χ3n) is 3.14. The quantitative estimate of drug-likeness (QED) is 0.654. The van der Waals surface area contributed by atoms with Gasteiger partial charge in [0, 0.05) is 19.1 Å². The summed E-state index contributed by atoms with van der Waals surface area (Å²) in [6.45, 7) is 1.60. The first-order chi connectivity index (χ1) is 9.98. The zero-order valence-corrected chi connectivity index (χ0v) is 11.6. The van der Waals surface area contributed by atoms with Gasteiger partial charge in [0.05, 0.1) is 0 Å². The Labute approximate surface area is 120 Å². The zero-order valence-electron chi connectivity index (χ0n) is 11.6.